The highest BCUT2D eigenvalue weighted by atomic mass is 19.4. The standard InChI is InChI=1S/C22H23F3O3/c1-26-19-11-16-15-8-3-4-9-18(15)28-21(17(16)12-20(19)27-2)13-6-5-7-14(10-13)22(23,24)25/h5-7,10-12,15,18,21H,3-4,8-9H2,1-2H3/t15-,18-,21-/m1/s1. The summed E-state index contributed by atoms with van der Waals surface area (Å²) in [5.74, 6) is 1.41. The molecule has 28 heavy (non-hydrogen) atoms. The fourth-order valence-corrected chi connectivity index (χ4v) is 4.46. The van der Waals surface area contributed by atoms with E-state index in [0.717, 1.165) is 42.9 Å². The number of alkyl halides is 3. The van der Waals surface area contributed by atoms with Crippen LogP contribution in [0.2, 0.25) is 0 Å². The van der Waals surface area contributed by atoms with Crippen LogP contribution in [0.5, 0.6) is 11.5 Å². The highest BCUT2D eigenvalue weighted by Crippen LogP contribution is 2.50. The summed E-state index contributed by atoms with van der Waals surface area (Å²) < 4.78 is 57.0. The van der Waals surface area contributed by atoms with E-state index >= 15 is 0 Å². The molecule has 3 atom stereocenters. The lowest BCUT2D eigenvalue weighted by molar-refractivity contribution is -0.137. The maximum absolute atomic E-state index is 13.2. The van der Waals surface area contributed by atoms with Gasteiger partial charge in [0.2, 0.25) is 0 Å². The van der Waals surface area contributed by atoms with Gasteiger partial charge in [0.15, 0.2) is 11.5 Å². The number of halogens is 3. The summed E-state index contributed by atoms with van der Waals surface area (Å²) in [6.45, 7) is 0. The largest absolute Gasteiger partial charge is 0.493 e. The van der Waals surface area contributed by atoms with Crippen LogP contribution < -0.4 is 9.47 Å². The van der Waals surface area contributed by atoms with Crippen molar-refractivity contribution in [3.05, 3.63) is 58.7 Å². The lowest BCUT2D eigenvalue weighted by Crippen LogP contribution is -2.34. The van der Waals surface area contributed by atoms with Gasteiger partial charge in [0.05, 0.1) is 25.9 Å². The zero-order chi connectivity index (χ0) is 19.9. The fraction of sp³-hybridized carbons (Fsp3) is 0.455. The minimum absolute atomic E-state index is 0.00102. The molecule has 1 aliphatic heterocycles. The van der Waals surface area contributed by atoms with E-state index in [9.17, 15) is 13.2 Å². The molecule has 3 nitrogen and oxygen atoms in total. The SMILES string of the molecule is COc1cc2c(cc1OC)[C@H]1CCCC[C@H]1O[C@@H]2c1cccc(C(F)(F)F)c1. The Morgan fingerprint density at radius 2 is 1.61 bits per heavy atom. The predicted molar refractivity (Wildman–Crippen MR) is 98.9 cm³/mol. The van der Waals surface area contributed by atoms with E-state index in [2.05, 4.69) is 0 Å². The zero-order valence-electron chi connectivity index (χ0n) is 15.9. The van der Waals surface area contributed by atoms with Gasteiger partial charge in [0, 0.05) is 5.92 Å². The highest BCUT2D eigenvalue weighted by molar-refractivity contribution is 5.52. The van der Waals surface area contributed by atoms with E-state index in [-0.39, 0.29) is 12.0 Å². The second-order valence-electron chi connectivity index (χ2n) is 7.40. The molecule has 0 N–H and O–H groups in total. The van der Waals surface area contributed by atoms with Crippen molar-refractivity contribution >= 4 is 0 Å². The maximum atomic E-state index is 13.2. The molecule has 6 heteroatoms. The van der Waals surface area contributed by atoms with Gasteiger partial charge < -0.3 is 14.2 Å². The number of fused-ring (bicyclic) bond motifs is 3. The molecule has 1 saturated carbocycles. The summed E-state index contributed by atoms with van der Waals surface area (Å²) in [6, 6.07) is 9.24. The van der Waals surface area contributed by atoms with Crippen LogP contribution in [0, 0.1) is 0 Å². The number of methoxy groups -OCH3 is 2. The van der Waals surface area contributed by atoms with Crippen molar-refractivity contribution in [3.63, 3.8) is 0 Å². The van der Waals surface area contributed by atoms with Gasteiger partial charge in [-0.25, -0.2) is 0 Å². The van der Waals surface area contributed by atoms with Gasteiger partial charge in [-0.15, -0.1) is 0 Å². The van der Waals surface area contributed by atoms with Crippen molar-refractivity contribution in [2.45, 2.75) is 50.0 Å². The lowest BCUT2D eigenvalue weighted by Gasteiger charge is -2.41. The molecular weight excluding hydrogens is 369 g/mol. The summed E-state index contributed by atoms with van der Waals surface area (Å²) in [7, 11) is 3.14. The van der Waals surface area contributed by atoms with Crippen LogP contribution >= 0.6 is 0 Å². The van der Waals surface area contributed by atoms with Crippen LogP contribution in [-0.4, -0.2) is 20.3 Å². The number of ether oxygens (including phenoxy) is 3. The second kappa shape index (κ2) is 7.32. The second-order valence-corrected chi connectivity index (χ2v) is 7.40. The van der Waals surface area contributed by atoms with Crippen LogP contribution in [0.1, 0.15) is 60.0 Å². The van der Waals surface area contributed by atoms with Crippen molar-refractivity contribution in [3.8, 4) is 11.5 Å². The number of rotatable bonds is 3. The first-order chi connectivity index (χ1) is 13.4. The normalized spacial score (nSPS) is 24.2. The minimum atomic E-state index is -4.39. The molecule has 0 spiro atoms. The predicted octanol–water partition coefficient (Wildman–Crippen LogP) is 5.87. The molecule has 2 aromatic rings. The Labute approximate surface area is 162 Å². The van der Waals surface area contributed by atoms with Crippen molar-refractivity contribution in [1.82, 2.24) is 0 Å². The summed E-state index contributed by atoms with van der Waals surface area (Å²) in [5, 5.41) is 0. The van der Waals surface area contributed by atoms with Crippen molar-refractivity contribution < 1.29 is 27.4 Å². The molecule has 0 bridgehead atoms. The molecule has 150 valence electrons. The van der Waals surface area contributed by atoms with Gasteiger partial charge in [0.1, 0.15) is 6.10 Å². The van der Waals surface area contributed by atoms with E-state index < -0.39 is 17.8 Å². The highest BCUT2D eigenvalue weighted by Gasteiger charge is 2.39. The molecule has 1 aliphatic carbocycles. The Morgan fingerprint density at radius 1 is 0.929 bits per heavy atom. The van der Waals surface area contributed by atoms with Crippen LogP contribution in [-0.2, 0) is 10.9 Å². The molecule has 2 aromatic carbocycles. The molecule has 0 unspecified atom stereocenters. The molecular formula is C22H23F3O3. The average Bonchev–Trinajstić information content (AvgIpc) is 2.71. The van der Waals surface area contributed by atoms with Crippen molar-refractivity contribution in [2.75, 3.05) is 14.2 Å². The van der Waals surface area contributed by atoms with E-state index in [0.29, 0.717) is 17.1 Å². The molecule has 0 amide bonds. The smallest absolute Gasteiger partial charge is 0.416 e. The van der Waals surface area contributed by atoms with Crippen LogP contribution in [0.3, 0.4) is 0 Å². The number of hydrogen-bond acceptors (Lipinski definition) is 3. The Bertz CT molecular complexity index is 863. The van der Waals surface area contributed by atoms with Crippen molar-refractivity contribution in [2.24, 2.45) is 0 Å². The summed E-state index contributed by atoms with van der Waals surface area (Å²) >= 11 is 0. The van der Waals surface area contributed by atoms with Gasteiger partial charge in [-0.05, 0) is 53.8 Å². The van der Waals surface area contributed by atoms with E-state index in [4.69, 9.17) is 14.2 Å². The molecule has 0 saturated heterocycles. The van der Waals surface area contributed by atoms with E-state index in [1.807, 2.05) is 12.1 Å². The van der Waals surface area contributed by atoms with Crippen LogP contribution in [0.4, 0.5) is 13.2 Å². The number of benzene rings is 2. The zero-order valence-corrected chi connectivity index (χ0v) is 15.9. The quantitative estimate of drug-likeness (QED) is 0.654. The topological polar surface area (TPSA) is 27.7 Å². The van der Waals surface area contributed by atoms with E-state index in [1.165, 1.54) is 12.1 Å². The summed E-state index contributed by atoms with van der Waals surface area (Å²) in [6.07, 6.45) is -0.851. The molecule has 1 fully saturated rings. The average molecular weight is 392 g/mol. The first-order valence-electron chi connectivity index (χ1n) is 9.51. The number of hydrogen-bond donors (Lipinski definition) is 0. The molecule has 4 rings (SSSR count). The molecule has 1 heterocycles. The van der Waals surface area contributed by atoms with E-state index in [1.54, 1.807) is 20.3 Å². The lowest BCUT2D eigenvalue weighted by atomic mass is 9.75. The Hall–Kier alpha value is -2.21. The Morgan fingerprint density at radius 3 is 2.29 bits per heavy atom. The minimum Gasteiger partial charge on any atom is -0.493 e. The summed E-state index contributed by atoms with van der Waals surface area (Å²) in [4.78, 5) is 0. The maximum Gasteiger partial charge on any atom is 0.416 e. The van der Waals surface area contributed by atoms with Crippen LogP contribution in [0.25, 0.3) is 0 Å². The van der Waals surface area contributed by atoms with Gasteiger partial charge in [-0.3, -0.25) is 0 Å². The van der Waals surface area contributed by atoms with Gasteiger partial charge in [0.25, 0.3) is 0 Å². The first-order valence-corrected chi connectivity index (χ1v) is 9.51. The Kier molecular flexibility index (Phi) is 5.00. The summed E-state index contributed by atoms with van der Waals surface area (Å²) in [5.41, 5.74) is 1.80. The molecule has 0 radical (unpaired) electrons. The van der Waals surface area contributed by atoms with Crippen LogP contribution in [0.15, 0.2) is 36.4 Å². The van der Waals surface area contributed by atoms with Gasteiger partial charge in [-0.2, -0.15) is 13.2 Å². The molecule has 2 aliphatic rings. The van der Waals surface area contributed by atoms with Gasteiger partial charge >= 0.3 is 6.18 Å². The third kappa shape index (κ3) is 3.34. The monoisotopic (exact) mass is 392 g/mol. The first kappa shape index (κ1) is 19.1. The Balaban J connectivity index is 1.85. The third-order valence-electron chi connectivity index (χ3n) is 5.80. The molecule has 0 aromatic heterocycles. The van der Waals surface area contributed by atoms with Gasteiger partial charge in [-0.1, -0.05) is 25.0 Å². The van der Waals surface area contributed by atoms with Crippen molar-refractivity contribution in [1.29, 1.82) is 0 Å². The fourth-order valence-electron chi connectivity index (χ4n) is 4.46. The third-order valence-corrected chi connectivity index (χ3v) is 5.80.